The van der Waals surface area contributed by atoms with Crippen LogP contribution in [0.5, 0.6) is 0 Å². The fourth-order valence-corrected chi connectivity index (χ4v) is 2.20. The minimum absolute atomic E-state index is 0.441. The Kier molecular flexibility index (Phi) is 3.52. The lowest BCUT2D eigenvalue weighted by Gasteiger charge is -2.17. The lowest BCUT2D eigenvalue weighted by Crippen LogP contribution is -2.16. The molecule has 1 N–H and O–H groups in total. The molecule has 2 nitrogen and oxygen atoms in total. The van der Waals surface area contributed by atoms with Gasteiger partial charge in [0.25, 0.3) is 0 Å². The number of nitrogens with one attached hydrogen (secondary N) is 1. The van der Waals surface area contributed by atoms with E-state index in [4.69, 9.17) is 0 Å². The van der Waals surface area contributed by atoms with Gasteiger partial charge in [0.15, 0.2) is 0 Å². The maximum Gasteiger partial charge on any atom is 0.0346 e. The highest BCUT2D eigenvalue weighted by molar-refractivity contribution is 5.85. The molecule has 0 saturated carbocycles. The Bertz CT molecular complexity index is 460. The average molecular weight is 214 g/mol. The normalized spacial score (nSPS) is 12.9. The highest BCUT2D eigenvalue weighted by atomic mass is 14.9. The second-order valence-electron chi connectivity index (χ2n) is 4.07. The summed E-state index contributed by atoms with van der Waals surface area (Å²) >= 11 is 0. The van der Waals surface area contributed by atoms with Gasteiger partial charge in [0.2, 0.25) is 0 Å². The second-order valence-corrected chi connectivity index (χ2v) is 4.07. The minimum Gasteiger partial charge on any atom is -0.313 e. The Labute approximate surface area is 96.7 Å². The zero-order valence-corrected chi connectivity index (χ0v) is 9.90. The van der Waals surface area contributed by atoms with E-state index in [1.807, 2.05) is 19.4 Å². The van der Waals surface area contributed by atoms with Crippen molar-refractivity contribution < 1.29 is 0 Å². The van der Waals surface area contributed by atoms with Crippen molar-refractivity contribution in [3.63, 3.8) is 0 Å². The summed E-state index contributed by atoms with van der Waals surface area (Å²) in [6.45, 7) is 2.22. The molecule has 0 radical (unpaired) electrons. The number of rotatable bonds is 4. The van der Waals surface area contributed by atoms with Gasteiger partial charge in [0.1, 0.15) is 0 Å². The summed E-state index contributed by atoms with van der Waals surface area (Å²) < 4.78 is 0. The largest absolute Gasteiger partial charge is 0.313 e. The van der Waals surface area contributed by atoms with Gasteiger partial charge >= 0.3 is 0 Å². The van der Waals surface area contributed by atoms with Gasteiger partial charge < -0.3 is 5.32 Å². The summed E-state index contributed by atoms with van der Waals surface area (Å²) in [5.41, 5.74) is 1.38. The van der Waals surface area contributed by atoms with Crippen LogP contribution in [-0.4, -0.2) is 12.0 Å². The molecule has 0 fully saturated rings. The molecule has 0 spiro atoms. The van der Waals surface area contributed by atoms with Crippen LogP contribution in [-0.2, 0) is 0 Å². The van der Waals surface area contributed by atoms with Gasteiger partial charge in [-0.2, -0.15) is 0 Å². The second kappa shape index (κ2) is 5.08. The molecule has 0 aliphatic heterocycles. The third-order valence-corrected chi connectivity index (χ3v) is 3.02. The van der Waals surface area contributed by atoms with E-state index in [2.05, 4.69) is 41.5 Å². The Morgan fingerprint density at radius 2 is 2.19 bits per heavy atom. The van der Waals surface area contributed by atoms with Crippen LogP contribution >= 0.6 is 0 Å². The van der Waals surface area contributed by atoms with E-state index in [1.54, 1.807) is 0 Å². The summed E-state index contributed by atoms with van der Waals surface area (Å²) in [6, 6.07) is 8.98. The lowest BCUT2D eigenvalue weighted by molar-refractivity contribution is 0.545. The molecule has 0 amide bonds. The first-order chi connectivity index (χ1) is 7.86. The van der Waals surface area contributed by atoms with Crippen LogP contribution in [0.25, 0.3) is 10.8 Å². The van der Waals surface area contributed by atoms with Gasteiger partial charge in [-0.15, -0.1) is 0 Å². The molecule has 1 unspecified atom stereocenters. The van der Waals surface area contributed by atoms with E-state index < -0.39 is 0 Å². The predicted molar refractivity (Wildman–Crippen MR) is 68.5 cm³/mol. The van der Waals surface area contributed by atoms with Crippen LogP contribution in [0.1, 0.15) is 31.4 Å². The summed E-state index contributed by atoms with van der Waals surface area (Å²) in [6.07, 6.45) is 6.15. The molecule has 16 heavy (non-hydrogen) atoms. The van der Waals surface area contributed by atoms with Gasteiger partial charge in [0.05, 0.1) is 0 Å². The number of pyridine rings is 1. The Hall–Kier alpha value is -1.41. The third-order valence-electron chi connectivity index (χ3n) is 3.02. The predicted octanol–water partition coefficient (Wildman–Crippen LogP) is 3.30. The Balaban J connectivity index is 2.50. The van der Waals surface area contributed by atoms with Crippen molar-refractivity contribution in [3.8, 4) is 0 Å². The van der Waals surface area contributed by atoms with Crippen molar-refractivity contribution in [1.82, 2.24) is 10.3 Å². The Morgan fingerprint density at radius 1 is 1.31 bits per heavy atom. The molecule has 0 bridgehead atoms. The zero-order chi connectivity index (χ0) is 11.4. The van der Waals surface area contributed by atoms with E-state index in [0.717, 1.165) is 6.42 Å². The molecule has 1 aromatic carbocycles. The molecule has 1 heterocycles. The first kappa shape index (κ1) is 11.1. The van der Waals surface area contributed by atoms with Crippen LogP contribution in [0.3, 0.4) is 0 Å². The fourth-order valence-electron chi connectivity index (χ4n) is 2.20. The molecule has 84 valence electrons. The molecule has 0 aliphatic carbocycles. The van der Waals surface area contributed by atoms with E-state index in [0.29, 0.717) is 6.04 Å². The fraction of sp³-hybridized carbons (Fsp3) is 0.357. The van der Waals surface area contributed by atoms with Crippen molar-refractivity contribution in [2.24, 2.45) is 0 Å². The molecule has 1 aromatic heterocycles. The van der Waals surface area contributed by atoms with Gasteiger partial charge in [-0.3, -0.25) is 4.98 Å². The van der Waals surface area contributed by atoms with Crippen LogP contribution in [0, 0.1) is 0 Å². The number of hydrogen-bond donors (Lipinski definition) is 1. The molecule has 2 heteroatoms. The van der Waals surface area contributed by atoms with Crippen molar-refractivity contribution in [3.05, 3.63) is 42.2 Å². The standard InChI is InChI=1S/C14H18N2/c1-3-5-14(15-2)13-7-4-6-11-10-16-9-8-12(11)13/h4,6-10,14-15H,3,5H2,1-2H3. The summed E-state index contributed by atoms with van der Waals surface area (Å²) in [7, 11) is 2.03. The van der Waals surface area contributed by atoms with Gasteiger partial charge in [0, 0.05) is 23.8 Å². The molecular weight excluding hydrogens is 196 g/mol. The van der Waals surface area contributed by atoms with Crippen molar-refractivity contribution >= 4 is 10.8 Å². The number of hydrogen-bond acceptors (Lipinski definition) is 2. The highest BCUT2D eigenvalue weighted by Crippen LogP contribution is 2.26. The van der Waals surface area contributed by atoms with Gasteiger partial charge in [-0.1, -0.05) is 31.5 Å². The lowest BCUT2D eigenvalue weighted by atomic mass is 9.97. The van der Waals surface area contributed by atoms with Crippen LogP contribution < -0.4 is 5.32 Å². The first-order valence-corrected chi connectivity index (χ1v) is 5.86. The van der Waals surface area contributed by atoms with Crippen molar-refractivity contribution in [1.29, 1.82) is 0 Å². The van der Waals surface area contributed by atoms with Crippen LogP contribution in [0.15, 0.2) is 36.7 Å². The smallest absolute Gasteiger partial charge is 0.0346 e. The maximum absolute atomic E-state index is 4.16. The van der Waals surface area contributed by atoms with Crippen LogP contribution in [0.2, 0.25) is 0 Å². The molecular formula is C14H18N2. The molecule has 1 atom stereocenters. The van der Waals surface area contributed by atoms with Gasteiger partial charge in [-0.25, -0.2) is 0 Å². The number of nitrogens with zero attached hydrogens (tertiary/aromatic N) is 1. The average Bonchev–Trinajstić information content (AvgIpc) is 2.35. The quantitative estimate of drug-likeness (QED) is 0.844. The van der Waals surface area contributed by atoms with E-state index in [1.165, 1.54) is 22.8 Å². The van der Waals surface area contributed by atoms with Crippen LogP contribution in [0.4, 0.5) is 0 Å². The maximum atomic E-state index is 4.16. The van der Waals surface area contributed by atoms with E-state index >= 15 is 0 Å². The van der Waals surface area contributed by atoms with Crippen molar-refractivity contribution in [2.75, 3.05) is 7.05 Å². The summed E-state index contributed by atoms with van der Waals surface area (Å²) in [5.74, 6) is 0. The minimum atomic E-state index is 0.441. The SMILES string of the molecule is CCCC(NC)c1cccc2cnccc12. The Morgan fingerprint density at radius 3 is 2.94 bits per heavy atom. The number of benzene rings is 1. The molecule has 0 aliphatic rings. The molecule has 2 aromatic rings. The highest BCUT2D eigenvalue weighted by Gasteiger charge is 2.10. The van der Waals surface area contributed by atoms with E-state index in [9.17, 15) is 0 Å². The van der Waals surface area contributed by atoms with Crippen molar-refractivity contribution in [2.45, 2.75) is 25.8 Å². The molecule has 2 rings (SSSR count). The topological polar surface area (TPSA) is 24.9 Å². The summed E-state index contributed by atoms with van der Waals surface area (Å²) in [4.78, 5) is 4.16. The summed E-state index contributed by atoms with van der Waals surface area (Å²) in [5, 5.41) is 5.92. The number of aromatic nitrogens is 1. The zero-order valence-electron chi connectivity index (χ0n) is 9.90. The number of fused-ring (bicyclic) bond motifs is 1. The monoisotopic (exact) mass is 214 g/mol. The third kappa shape index (κ3) is 2.07. The van der Waals surface area contributed by atoms with E-state index in [-0.39, 0.29) is 0 Å². The van der Waals surface area contributed by atoms with Gasteiger partial charge in [-0.05, 0) is 30.5 Å². The first-order valence-electron chi connectivity index (χ1n) is 5.86. The molecule has 0 saturated heterocycles.